The molecule has 0 bridgehead atoms. The molecule has 1 aliphatic rings. The molecule has 0 atom stereocenters. The van der Waals surface area contributed by atoms with Gasteiger partial charge in [-0.05, 0) is 23.8 Å². The molecule has 2 aromatic rings. The summed E-state index contributed by atoms with van der Waals surface area (Å²) in [4.78, 5) is 13.9. The summed E-state index contributed by atoms with van der Waals surface area (Å²) in [5.74, 6) is 0.292. The van der Waals surface area contributed by atoms with E-state index in [1.54, 1.807) is 19.2 Å². The maximum atomic E-state index is 12.4. The van der Waals surface area contributed by atoms with Crippen molar-refractivity contribution in [3.8, 4) is 23.0 Å². The number of hydrogen-bond donors (Lipinski definition) is 2. The Kier molecular flexibility index (Phi) is 3.92. The van der Waals surface area contributed by atoms with E-state index in [-0.39, 0.29) is 28.9 Å². The van der Waals surface area contributed by atoms with Crippen LogP contribution >= 0.6 is 11.6 Å². The highest BCUT2D eigenvalue weighted by Crippen LogP contribution is 2.34. The van der Waals surface area contributed by atoms with Gasteiger partial charge < -0.3 is 24.6 Å². The molecule has 6 nitrogen and oxygen atoms in total. The Morgan fingerprint density at radius 1 is 1.17 bits per heavy atom. The summed E-state index contributed by atoms with van der Waals surface area (Å²) >= 11 is 5.80. The van der Waals surface area contributed by atoms with Gasteiger partial charge in [-0.15, -0.1) is 0 Å². The molecule has 0 fully saturated rings. The van der Waals surface area contributed by atoms with Crippen LogP contribution in [0.5, 0.6) is 23.0 Å². The lowest BCUT2D eigenvalue weighted by atomic mass is 10.1. The van der Waals surface area contributed by atoms with E-state index < -0.39 is 5.91 Å². The van der Waals surface area contributed by atoms with Gasteiger partial charge in [0, 0.05) is 19.7 Å². The maximum Gasteiger partial charge on any atom is 0.257 e. The third-order valence-electron chi connectivity index (χ3n) is 3.50. The van der Waals surface area contributed by atoms with Gasteiger partial charge in [-0.25, -0.2) is 0 Å². The SMILES string of the molecule is CN(Cc1ccc2c(c1)OCO2)C(=O)c1cc(Cl)c(O)cc1O. The summed E-state index contributed by atoms with van der Waals surface area (Å²) in [6.45, 7) is 0.501. The predicted octanol–water partition coefficient (Wildman–Crippen LogP) is 2.75. The number of phenolic OH excluding ortho intramolecular Hbond substituents is 2. The molecular weight excluding hydrogens is 322 g/mol. The van der Waals surface area contributed by atoms with Gasteiger partial charge in [0.1, 0.15) is 11.5 Å². The number of rotatable bonds is 3. The number of nitrogens with zero attached hydrogens (tertiary/aromatic N) is 1. The number of fused-ring (bicyclic) bond motifs is 1. The van der Waals surface area contributed by atoms with Crippen LogP contribution in [0.25, 0.3) is 0 Å². The van der Waals surface area contributed by atoms with E-state index in [1.165, 1.54) is 11.0 Å². The molecule has 1 aliphatic heterocycles. The number of amides is 1. The molecule has 1 heterocycles. The average molecular weight is 336 g/mol. The van der Waals surface area contributed by atoms with Crippen LogP contribution in [-0.4, -0.2) is 34.9 Å². The van der Waals surface area contributed by atoms with Crippen LogP contribution in [0.2, 0.25) is 5.02 Å². The highest BCUT2D eigenvalue weighted by Gasteiger charge is 2.20. The number of halogens is 1. The minimum atomic E-state index is -0.415. The van der Waals surface area contributed by atoms with Gasteiger partial charge in [0.05, 0.1) is 10.6 Å². The zero-order chi connectivity index (χ0) is 16.6. The number of carbonyl (C=O) groups is 1. The topological polar surface area (TPSA) is 79.2 Å². The third-order valence-corrected chi connectivity index (χ3v) is 3.80. The third kappa shape index (κ3) is 2.98. The maximum absolute atomic E-state index is 12.4. The first-order valence-electron chi connectivity index (χ1n) is 6.81. The van der Waals surface area contributed by atoms with Gasteiger partial charge in [-0.3, -0.25) is 4.79 Å². The molecule has 7 heteroatoms. The van der Waals surface area contributed by atoms with Gasteiger partial charge >= 0.3 is 0 Å². The van der Waals surface area contributed by atoms with E-state index in [0.29, 0.717) is 18.0 Å². The van der Waals surface area contributed by atoms with Gasteiger partial charge in [0.25, 0.3) is 5.91 Å². The lowest BCUT2D eigenvalue weighted by molar-refractivity contribution is 0.0782. The number of hydrogen-bond acceptors (Lipinski definition) is 5. The molecule has 0 aliphatic carbocycles. The van der Waals surface area contributed by atoms with Crippen LogP contribution in [0.4, 0.5) is 0 Å². The molecule has 1 amide bonds. The summed E-state index contributed by atoms with van der Waals surface area (Å²) < 4.78 is 10.5. The molecule has 0 saturated heterocycles. The second kappa shape index (κ2) is 5.89. The Morgan fingerprint density at radius 2 is 1.91 bits per heavy atom. The molecule has 120 valence electrons. The molecule has 0 unspecified atom stereocenters. The molecule has 2 N–H and O–H groups in total. The van der Waals surface area contributed by atoms with Crippen LogP contribution in [0, 0.1) is 0 Å². The van der Waals surface area contributed by atoms with Crippen molar-refractivity contribution >= 4 is 17.5 Å². The van der Waals surface area contributed by atoms with E-state index in [9.17, 15) is 15.0 Å². The monoisotopic (exact) mass is 335 g/mol. The van der Waals surface area contributed by atoms with Crippen molar-refractivity contribution in [2.75, 3.05) is 13.8 Å². The minimum Gasteiger partial charge on any atom is -0.507 e. The van der Waals surface area contributed by atoms with Crippen LogP contribution in [0.15, 0.2) is 30.3 Å². The van der Waals surface area contributed by atoms with E-state index in [1.807, 2.05) is 6.07 Å². The molecule has 3 rings (SSSR count). The quantitative estimate of drug-likeness (QED) is 0.901. The largest absolute Gasteiger partial charge is 0.507 e. The molecule has 0 saturated carbocycles. The molecule has 0 radical (unpaired) electrons. The van der Waals surface area contributed by atoms with Crippen molar-refractivity contribution in [1.29, 1.82) is 0 Å². The summed E-state index contributed by atoms with van der Waals surface area (Å²) in [7, 11) is 1.60. The second-order valence-electron chi connectivity index (χ2n) is 5.17. The standard InChI is InChI=1S/C16H14ClNO5/c1-18(7-9-2-3-14-15(4-9)23-8-22-14)16(21)10-5-11(17)13(20)6-12(10)19/h2-6,19-20H,7-8H2,1H3. The van der Waals surface area contributed by atoms with Gasteiger partial charge in [-0.2, -0.15) is 0 Å². The molecular formula is C16H14ClNO5. The highest BCUT2D eigenvalue weighted by molar-refractivity contribution is 6.32. The van der Waals surface area contributed by atoms with Crippen LogP contribution < -0.4 is 9.47 Å². The number of ether oxygens (including phenoxy) is 2. The Labute approximate surface area is 137 Å². The Balaban J connectivity index is 1.79. The fraction of sp³-hybridized carbons (Fsp3) is 0.188. The van der Waals surface area contributed by atoms with Crippen molar-refractivity contribution in [3.63, 3.8) is 0 Å². The van der Waals surface area contributed by atoms with Gasteiger partial charge in [0.2, 0.25) is 6.79 Å². The fourth-order valence-corrected chi connectivity index (χ4v) is 2.48. The molecule has 0 spiro atoms. The van der Waals surface area contributed by atoms with E-state index >= 15 is 0 Å². The van der Waals surface area contributed by atoms with Gasteiger partial charge in [0.15, 0.2) is 11.5 Å². The number of phenols is 2. The van der Waals surface area contributed by atoms with E-state index in [2.05, 4.69) is 0 Å². The summed E-state index contributed by atoms with van der Waals surface area (Å²) in [5, 5.41) is 19.3. The number of aromatic hydroxyl groups is 2. The van der Waals surface area contributed by atoms with E-state index in [4.69, 9.17) is 21.1 Å². The van der Waals surface area contributed by atoms with Crippen molar-refractivity contribution in [2.45, 2.75) is 6.54 Å². The summed E-state index contributed by atoms with van der Waals surface area (Å²) in [6, 6.07) is 7.70. The Hall–Kier alpha value is -2.60. The first-order chi connectivity index (χ1) is 11.0. The predicted molar refractivity (Wildman–Crippen MR) is 83.1 cm³/mol. The molecule has 0 aromatic heterocycles. The van der Waals surface area contributed by atoms with Gasteiger partial charge in [-0.1, -0.05) is 17.7 Å². The normalized spacial score (nSPS) is 12.3. The average Bonchev–Trinajstić information content (AvgIpc) is 2.97. The van der Waals surface area contributed by atoms with Crippen molar-refractivity contribution in [3.05, 3.63) is 46.5 Å². The second-order valence-corrected chi connectivity index (χ2v) is 5.58. The first-order valence-corrected chi connectivity index (χ1v) is 7.19. The summed E-state index contributed by atoms with van der Waals surface area (Å²) in [5.41, 5.74) is 0.880. The smallest absolute Gasteiger partial charge is 0.257 e. The zero-order valence-electron chi connectivity index (χ0n) is 12.2. The number of benzene rings is 2. The van der Waals surface area contributed by atoms with Crippen molar-refractivity contribution in [1.82, 2.24) is 4.90 Å². The fourth-order valence-electron chi connectivity index (χ4n) is 2.31. The van der Waals surface area contributed by atoms with Crippen LogP contribution in [-0.2, 0) is 6.54 Å². The lowest BCUT2D eigenvalue weighted by Gasteiger charge is -2.18. The summed E-state index contributed by atoms with van der Waals surface area (Å²) in [6.07, 6.45) is 0. The number of carbonyl (C=O) groups excluding carboxylic acids is 1. The lowest BCUT2D eigenvalue weighted by Crippen LogP contribution is -2.26. The minimum absolute atomic E-state index is 0.00243. The first kappa shape index (κ1) is 15.3. The van der Waals surface area contributed by atoms with Crippen molar-refractivity contribution in [2.24, 2.45) is 0 Å². The molecule has 2 aromatic carbocycles. The van der Waals surface area contributed by atoms with Crippen LogP contribution in [0.3, 0.4) is 0 Å². The highest BCUT2D eigenvalue weighted by atomic mass is 35.5. The molecule has 23 heavy (non-hydrogen) atoms. The van der Waals surface area contributed by atoms with Crippen LogP contribution in [0.1, 0.15) is 15.9 Å². The van der Waals surface area contributed by atoms with E-state index in [0.717, 1.165) is 11.6 Å². The Bertz CT molecular complexity index is 777. The zero-order valence-corrected chi connectivity index (χ0v) is 13.0. The van der Waals surface area contributed by atoms with Crippen molar-refractivity contribution < 1.29 is 24.5 Å². The Morgan fingerprint density at radius 3 is 2.70 bits per heavy atom.